The lowest BCUT2D eigenvalue weighted by Gasteiger charge is -2.16. The first-order chi connectivity index (χ1) is 14.8. The van der Waals surface area contributed by atoms with Crippen LogP contribution in [0.3, 0.4) is 0 Å². The molecule has 2 aromatic carbocycles. The van der Waals surface area contributed by atoms with Crippen molar-refractivity contribution in [1.29, 1.82) is 0 Å². The molecule has 2 aromatic heterocycles. The second-order valence-corrected chi connectivity index (χ2v) is 10.9. The molecule has 31 heavy (non-hydrogen) atoms. The summed E-state index contributed by atoms with van der Waals surface area (Å²) in [7, 11) is -2.49. The highest BCUT2D eigenvalue weighted by molar-refractivity contribution is 7.70. The average molecular weight is 455 g/mol. The Morgan fingerprint density at radius 2 is 1.87 bits per heavy atom. The van der Waals surface area contributed by atoms with E-state index in [-0.39, 0.29) is 0 Å². The lowest BCUT2D eigenvalue weighted by atomic mass is 10.1. The molecule has 0 aliphatic rings. The number of anilines is 4. The fourth-order valence-electron chi connectivity index (χ4n) is 3.04. The minimum Gasteiger partial charge on any atom is -0.338 e. The number of aromatic amines is 1. The summed E-state index contributed by atoms with van der Waals surface area (Å²) in [5, 5.41) is 21.5. The molecule has 3 N–H and O–H groups in total. The van der Waals surface area contributed by atoms with Crippen molar-refractivity contribution in [2.45, 2.75) is 6.92 Å². The second-order valence-electron chi connectivity index (χ2n) is 7.27. The van der Waals surface area contributed by atoms with Gasteiger partial charge in [-0.15, -0.1) is 10.2 Å². The summed E-state index contributed by atoms with van der Waals surface area (Å²) in [5.41, 5.74) is 3.32. The molecule has 0 spiro atoms. The van der Waals surface area contributed by atoms with Gasteiger partial charge in [0.15, 0.2) is 5.82 Å². The number of hydrogen-bond acceptors (Lipinski definition) is 8. The molecule has 9 nitrogen and oxygen atoms in total. The monoisotopic (exact) mass is 454 g/mol. The van der Waals surface area contributed by atoms with Crippen molar-refractivity contribution < 1.29 is 4.57 Å². The number of aryl methyl sites for hydroxylation is 1. The Labute approximate surface area is 184 Å². The average Bonchev–Trinajstić information content (AvgIpc) is 3.26. The Hall–Kier alpha value is -3.29. The Balaban J connectivity index is 1.60. The van der Waals surface area contributed by atoms with E-state index < -0.39 is 7.14 Å². The maximum absolute atomic E-state index is 12.6. The van der Waals surface area contributed by atoms with E-state index in [4.69, 9.17) is 11.6 Å². The number of H-pyrrole nitrogens is 1. The van der Waals surface area contributed by atoms with Crippen molar-refractivity contribution >= 4 is 47.2 Å². The molecule has 0 radical (unpaired) electrons. The molecule has 0 saturated carbocycles. The summed E-state index contributed by atoms with van der Waals surface area (Å²) < 4.78 is 12.6. The van der Waals surface area contributed by atoms with Crippen LogP contribution in [0.4, 0.5) is 23.1 Å². The van der Waals surface area contributed by atoms with Crippen LogP contribution >= 0.6 is 18.7 Å². The summed E-state index contributed by atoms with van der Waals surface area (Å²) in [5.74, 6) is 1.31. The van der Waals surface area contributed by atoms with Crippen molar-refractivity contribution in [3.05, 3.63) is 59.2 Å². The van der Waals surface area contributed by atoms with Gasteiger partial charge < -0.3 is 15.2 Å². The molecule has 0 aliphatic heterocycles. The number of hydrogen-bond donors (Lipinski definition) is 3. The lowest BCUT2D eigenvalue weighted by molar-refractivity contribution is 0.588. The number of nitrogens with one attached hydrogen (secondary N) is 3. The minimum atomic E-state index is -2.49. The quantitative estimate of drug-likeness (QED) is 0.367. The Morgan fingerprint density at radius 3 is 2.58 bits per heavy atom. The molecule has 0 amide bonds. The van der Waals surface area contributed by atoms with Crippen molar-refractivity contribution in [1.82, 2.24) is 30.6 Å². The van der Waals surface area contributed by atoms with Crippen LogP contribution in [0.2, 0.25) is 5.02 Å². The minimum absolute atomic E-state index is 0.353. The van der Waals surface area contributed by atoms with Gasteiger partial charge in [-0.3, -0.25) is 0 Å². The van der Waals surface area contributed by atoms with Gasteiger partial charge in [0.2, 0.25) is 11.8 Å². The van der Waals surface area contributed by atoms with Gasteiger partial charge >= 0.3 is 0 Å². The maximum Gasteiger partial charge on any atom is 0.229 e. The Bertz CT molecular complexity index is 1270. The number of benzene rings is 2. The van der Waals surface area contributed by atoms with E-state index >= 15 is 0 Å². The smallest absolute Gasteiger partial charge is 0.229 e. The maximum atomic E-state index is 12.6. The van der Waals surface area contributed by atoms with Crippen LogP contribution in [0.5, 0.6) is 0 Å². The van der Waals surface area contributed by atoms with Gasteiger partial charge in [-0.2, -0.15) is 10.2 Å². The summed E-state index contributed by atoms with van der Waals surface area (Å²) >= 11 is 6.32. The molecule has 4 aromatic rings. The number of rotatable bonds is 6. The van der Waals surface area contributed by atoms with E-state index in [2.05, 4.69) is 41.2 Å². The predicted octanol–water partition coefficient (Wildman–Crippen LogP) is 4.35. The largest absolute Gasteiger partial charge is 0.338 e. The standard InChI is InChI=1S/C20H20ClN8OP/c1-12-10-13(18-26-28-29-27-18)8-9-15(12)24-20-22-11-14(21)19(25-20)23-16-6-4-5-7-17(16)31(2,3)30/h4-11H,1-3H3,(H2,22,23,24,25)(H,26,27,28,29). The van der Waals surface area contributed by atoms with Crippen molar-refractivity contribution in [3.8, 4) is 11.4 Å². The number of halogens is 1. The molecule has 0 unspecified atom stereocenters. The molecule has 0 saturated heterocycles. The van der Waals surface area contributed by atoms with Crippen molar-refractivity contribution in [2.24, 2.45) is 0 Å². The highest BCUT2D eigenvalue weighted by Crippen LogP contribution is 2.38. The Morgan fingerprint density at radius 1 is 1.06 bits per heavy atom. The van der Waals surface area contributed by atoms with Crippen LogP contribution < -0.4 is 15.9 Å². The zero-order chi connectivity index (χ0) is 22.0. The van der Waals surface area contributed by atoms with Crippen LogP contribution in [-0.2, 0) is 4.57 Å². The number of aromatic nitrogens is 6. The third-order valence-electron chi connectivity index (χ3n) is 4.56. The molecule has 4 rings (SSSR count). The molecule has 0 atom stereocenters. The first kappa shape index (κ1) is 21.0. The molecule has 0 fully saturated rings. The molecule has 2 heterocycles. The predicted molar refractivity (Wildman–Crippen MR) is 123 cm³/mol. The van der Waals surface area contributed by atoms with Gasteiger partial charge in [-0.1, -0.05) is 23.7 Å². The van der Waals surface area contributed by atoms with Gasteiger partial charge in [0.1, 0.15) is 12.2 Å². The van der Waals surface area contributed by atoms with E-state index in [0.29, 0.717) is 28.3 Å². The van der Waals surface area contributed by atoms with E-state index in [1.54, 1.807) is 13.3 Å². The van der Waals surface area contributed by atoms with Crippen molar-refractivity contribution in [3.63, 3.8) is 0 Å². The SMILES string of the molecule is Cc1cc(-c2nn[nH]n2)ccc1Nc1ncc(Cl)c(Nc2ccccc2P(C)(C)=O)n1. The van der Waals surface area contributed by atoms with Crippen LogP contribution in [0, 0.1) is 6.92 Å². The number of para-hydroxylation sites is 1. The normalized spacial score (nSPS) is 11.4. The van der Waals surface area contributed by atoms with Gasteiger partial charge in [0.05, 0.1) is 11.9 Å². The first-order valence-corrected chi connectivity index (χ1v) is 12.3. The number of tetrazole rings is 1. The summed E-state index contributed by atoms with van der Waals surface area (Å²) in [6, 6.07) is 13.1. The van der Waals surface area contributed by atoms with E-state index in [1.807, 2.05) is 49.4 Å². The van der Waals surface area contributed by atoms with E-state index in [9.17, 15) is 4.57 Å². The van der Waals surface area contributed by atoms with Crippen molar-refractivity contribution in [2.75, 3.05) is 24.0 Å². The molecule has 0 bridgehead atoms. The van der Waals surface area contributed by atoms with E-state index in [1.165, 1.54) is 6.20 Å². The fraction of sp³-hybridized carbons (Fsp3) is 0.150. The summed E-state index contributed by atoms with van der Waals surface area (Å²) in [6.07, 6.45) is 1.52. The van der Waals surface area contributed by atoms with Crippen LogP contribution in [0.1, 0.15) is 5.56 Å². The zero-order valence-corrected chi connectivity index (χ0v) is 18.7. The summed E-state index contributed by atoms with van der Waals surface area (Å²) in [6.45, 7) is 5.41. The fourth-order valence-corrected chi connectivity index (χ4v) is 4.33. The summed E-state index contributed by atoms with van der Waals surface area (Å²) in [4.78, 5) is 8.78. The third-order valence-corrected chi connectivity index (χ3v) is 6.38. The second kappa shape index (κ2) is 8.45. The topological polar surface area (TPSA) is 121 Å². The third kappa shape index (κ3) is 4.73. The Kier molecular flexibility index (Phi) is 5.71. The zero-order valence-electron chi connectivity index (χ0n) is 17.1. The molecular formula is C20H20ClN8OP. The highest BCUT2D eigenvalue weighted by Gasteiger charge is 2.17. The van der Waals surface area contributed by atoms with Crippen LogP contribution in [-0.4, -0.2) is 43.9 Å². The lowest BCUT2D eigenvalue weighted by Crippen LogP contribution is -2.11. The van der Waals surface area contributed by atoms with Gasteiger partial charge in [0.25, 0.3) is 0 Å². The van der Waals surface area contributed by atoms with Crippen LogP contribution in [0.25, 0.3) is 11.4 Å². The van der Waals surface area contributed by atoms with Crippen LogP contribution in [0.15, 0.2) is 48.7 Å². The first-order valence-electron chi connectivity index (χ1n) is 9.37. The van der Waals surface area contributed by atoms with Gasteiger partial charge in [-0.05, 0) is 61.4 Å². The van der Waals surface area contributed by atoms with Gasteiger partial charge in [-0.25, -0.2) is 4.98 Å². The molecular weight excluding hydrogens is 435 g/mol. The van der Waals surface area contributed by atoms with Gasteiger partial charge in [0, 0.05) is 16.6 Å². The molecule has 158 valence electrons. The van der Waals surface area contributed by atoms with E-state index in [0.717, 1.165) is 22.1 Å². The highest BCUT2D eigenvalue weighted by atomic mass is 35.5. The number of nitrogens with zero attached hydrogens (tertiary/aromatic N) is 5. The molecule has 0 aliphatic carbocycles. The molecule has 11 heteroatoms.